The van der Waals surface area contributed by atoms with E-state index in [1.54, 1.807) is 5.38 Å². The van der Waals surface area contributed by atoms with Crippen LogP contribution in [-0.4, -0.2) is 36.7 Å². The summed E-state index contributed by atoms with van der Waals surface area (Å²) in [6.45, 7) is 1.15. The lowest BCUT2D eigenvalue weighted by Crippen LogP contribution is -2.31. The second-order valence-corrected chi connectivity index (χ2v) is 5.58. The summed E-state index contributed by atoms with van der Waals surface area (Å²) in [5.74, 6) is -3.16. The zero-order valence-electron chi connectivity index (χ0n) is 12.8. The average Bonchev–Trinajstić information content (AvgIpc) is 2.98. The van der Waals surface area contributed by atoms with Crippen LogP contribution in [-0.2, 0) is 19.1 Å². The fraction of sp³-hybridized carbons (Fsp3) is 0.267. The number of amides is 1. The third-order valence-corrected chi connectivity index (χ3v) is 3.65. The van der Waals surface area contributed by atoms with E-state index in [-0.39, 0.29) is 11.7 Å². The molecule has 0 aliphatic rings. The summed E-state index contributed by atoms with van der Waals surface area (Å²) in [7, 11) is 1.33. The summed E-state index contributed by atoms with van der Waals surface area (Å²) in [5.41, 5.74) is 0.767. The second kappa shape index (κ2) is 7.93. The van der Waals surface area contributed by atoms with E-state index in [4.69, 9.17) is 4.74 Å². The minimum Gasteiger partial charge on any atom is -0.451 e. The monoisotopic (exact) mass is 356 g/mol. The van der Waals surface area contributed by atoms with Gasteiger partial charge in [0.1, 0.15) is 6.61 Å². The molecule has 0 unspecified atom stereocenters. The Labute approximate surface area is 140 Å². The molecule has 9 heteroatoms. The highest BCUT2D eigenvalue weighted by atomic mass is 32.1. The predicted octanol–water partition coefficient (Wildman–Crippen LogP) is 2.60. The molecule has 2 aromatic rings. The van der Waals surface area contributed by atoms with Crippen molar-refractivity contribution in [2.24, 2.45) is 0 Å². The maximum absolute atomic E-state index is 13.2. The van der Waals surface area contributed by atoms with Gasteiger partial charge in [-0.2, -0.15) is 0 Å². The number of esters is 1. The van der Waals surface area contributed by atoms with Gasteiger partial charge >= 0.3 is 5.97 Å². The zero-order valence-corrected chi connectivity index (χ0v) is 13.7. The van der Waals surface area contributed by atoms with Gasteiger partial charge in [-0.1, -0.05) is 0 Å². The molecular weight excluding hydrogens is 342 g/mol. The molecule has 0 aliphatic carbocycles. The van der Waals surface area contributed by atoms with Crippen molar-refractivity contribution in [2.75, 3.05) is 19.0 Å². The minimum atomic E-state index is -1.02. The molecule has 0 saturated carbocycles. The smallest absolute Gasteiger partial charge is 0.332 e. The van der Waals surface area contributed by atoms with Crippen LogP contribution in [0.5, 0.6) is 0 Å². The lowest BCUT2D eigenvalue weighted by molar-refractivity contribution is -0.156. The summed E-state index contributed by atoms with van der Waals surface area (Å²) in [4.78, 5) is 27.3. The van der Waals surface area contributed by atoms with E-state index in [2.05, 4.69) is 15.0 Å². The first kappa shape index (κ1) is 18.0. The van der Waals surface area contributed by atoms with Gasteiger partial charge in [0, 0.05) is 18.1 Å². The van der Waals surface area contributed by atoms with Crippen LogP contribution in [0.25, 0.3) is 11.3 Å². The highest BCUT2D eigenvalue weighted by Crippen LogP contribution is 2.26. The molecule has 1 aromatic carbocycles. The number of nitrogens with one attached hydrogen (secondary N) is 1. The number of ether oxygens (including phenoxy) is 2. The number of carbonyl (C=O) groups is 2. The van der Waals surface area contributed by atoms with Gasteiger partial charge in [0.15, 0.2) is 22.9 Å². The Morgan fingerprint density at radius 2 is 2.08 bits per heavy atom. The lowest BCUT2D eigenvalue weighted by Gasteiger charge is -2.11. The highest BCUT2D eigenvalue weighted by Gasteiger charge is 2.19. The molecule has 0 bridgehead atoms. The molecule has 128 valence electrons. The van der Waals surface area contributed by atoms with Crippen LogP contribution < -0.4 is 5.32 Å². The fourth-order valence-electron chi connectivity index (χ4n) is 1.73. The van der Waals surface area contributed by atoms with Crippen LogP contribution in [0.4, 0.5) is 13.9 Å². The SMILES string of the molecule is COCC(=O)O[C@@H](C)C(=O)Nc1nc(-c2ccc(F)c(F)c2)cs1. The number of benzene rings is 1. The van der Waals surface area contributed by atoms with E-state index in [9.17, 15) is 18.4 Å². The number of halogens is 2. The molecule has 1 amide bonds. The van der Waals surface area contributed by atoms with Crippen LogP contribution in [0.15, 0.2) is 23.6 Å². The minimum absolute atomic E-state index is 0.245. The number of anilines is 1. The predicted molar refractivity (Wildman–Crippen MR) is 83.5 cm³/mol. The summed E-state index contributed by atoms with van der Waals surface area (Å²) >= 11 is 1.10. The van der Waals surface area contributed by atoms with Gasteiger partial charge in [-0.15, -0.1) is 11.3 Å². The first-order chi connectivity index (χ1) is 11.4. The number of carbonyl (C=O) groups excluding carboxylic acids is 2. The van der Waals surface area contributed by atoms with Crippen molar-refractivity contribution < 1.29 is 27.8 Å². The van der Waals surface area contributed by atoms with Gasteiger partial charge in [0.25, 0.3) is 5.91 Å². The van der Waals surface area contributed by atoms with Gasteiger partial charge in [-0.3, -0.25) is 10.1 Å². The molecule has 0 saturated heterocycles. The van der Waals surface area contributed by atoms with Crippen LogP contribution in [0.1, 0.15) is 6.92 Å². The van der Waals surface area contributed by atoms with Crippen LogP contribution in [0.2, 0.25) is 0 Å². The number of thiazole rings is 1. The van der Waals surface area contributed by atoms with Crippen molar-refractivity contribution in [3.63, 3.8) is 0 Å². The first-order valence-corrected chi connectivity index (χ1v) is 7.69. The molecule has 0 fully saturated rings. The van der Waals surface area contributed by atoms with Crippen LogP contribution in [0.3, 0.4) is 0 Å². The van der Waals surface area contributed by atoms with Crippen molar-refractivity contribution in [1.29, 1.82) is 0 Å². The Morgan fingerprint density at radius 1 is 1.33 bits per heavy atom. The van der Waals surface area contributed by atoms with E-state index in [0.717, 1.165) is 23.5 Å². The van der Waals surface area contributed by atoms with Gasteiger partial charge in [-0.25, -0.2) is 18.6 Å². The van der Waals surface area contributed by atoms with Crippen molar-refractivity contribution in [1.82, 2.24) is 4.98 Å². The largest absolute Gasteiger partial charge is 0.451 e. The summed E-state index contributed by atoms with van der Waals surface area (Å²) in [6, 6.07) is 3.40. The molecule has 1 N–H and O–H groups in total. The van der Waals surface area contributed by atoms with Crippen molar-refractivity contribution >= 4 is 28.3 Å². The Kier molecular flexibility index (Phi) is 5.93. The number of methoxy groups -OCH3 is 1. The van der Waals surface area contributed by atoms with Crippen molar-refractivity contribution in [3.8, 4) is 11.3 Å². The standard InChI is InChI=1S/C15H14F2N2O4S/c1-8(23-13(20)6-22-2)14(21)19-15-18-12(7-24-15)9-3-4-10(16)11(17)5-9/h3-5,7-8H,6H2,1-2H3,(H,18,19,21)/t8-/m0/s1. The van der Waals surface area contributed by atoms with Gasteiger partial charge in [0.05, 0.1) is 5.69 Å². The first-order valence-electron chi connectivity index (χ1n) is 6.81. The number of aromatic nitrogens is 1. The van der Waals surface area contributed by atoms with Crippen molar-refractivity contribution in [2.45, 2.75) is 13.0 Å². The Morgan fingerprint density at radius 3 is 2.75 bits per heavy atom. The fourth-order valence-corrected chi connectivity index (χ4v) is 2.45. The maximum Gasteiger partial charge on any atom is 0.332 e. The average molecular weight is 356 g/mol. The van der Waals surface area contributed by atoms with E-state index in [0.29, 0.717) is 11.3 Å². The van der Waals surface area contributed by atoms with Gasteiger partial charge < -0.3 is 9.47 Å². The van der Waals surface area contributed by atoms with Crippen molar-refractivity contribution in [3.05, 3.63) is 35.2 Å². The topological polar surface area (TPSA) is 77.5 Å². The number of hydrogen-bond acceptors (Lipinski definition) is 6. The lowest BCUT2D eigenvalue weighted by atomic mass is 10.2. The van der Waals surface area contributed by atoms with Gasteiger partial charge in [-0.05, 0) is 25.1 Å². The number of rotatable bonds is 6. The van der Waals surface area contributed by atoms with E-state index >= 15 is 0 Å². The van der Waals surface area contributed by atoms with E-state index in [1.807, 2.05) is 0 Å². The number of hydrogen-bond donors (Lipinski definition) is 1. The van der Waals surface area contributed by atoms with Crippen LogP contribution >= 0.6 is 11.3 Å². The molecule has 1 heterocycles. The Bertz CT molecular complexity index is 751. The quantitative estimate of drug-likeness (QED) is 0.805. The summed E-state index contributed by atoms with van der Waals surface area (Å²) in [5, 5.41) is 4.32. The Balaban J connectivity index is 2.01. The molecule has 1 aromatic heterocycles. The summed E-state index contributed by atoms with van der Waals surface area (Å²) < 4.78 is 35.6. The third kappa shape index (κ3) is 4.56. The molecule has 0 aliphatic heterocycles. The molecule has 0 spiro atoms. The molecule has 1 atom stereocenters. The molecule has 0 radical (unpaired) electrons. The van der Waals surface area contributed by atoms with E-state index in [1.165, 1.54) is 20.1 Å². The molecular formula is C15H14F2N2O4S. The van der Waals surface area contributed by atoms with Crippen LogP contribution in [0, 0.1) is 11.6 Å². The summed E-state index contributed by atoms with van der Waals surface area (Å²) in [6.07, 6.45) is -1.02. The zero-order chi connectivity index (χ0) is 17.7. The molecule has 6 nitrogen and oxygen atoms in total. The highest BCUT2D eigenvalue weighted by molar-refractivity contribution is 7.14. The normalized spacial score (nSPS) is 11.8. The van der Waals surface area contributed by atoms with Gasteiger partial charge in [0.2, 0.25) is 0 Å². The van der Waals surface area contributed by atoms with E-state index < -0.39 is 29.6 Å². The maximum atomic E-state index is 13.2. The second-order valence-electron chi connectivity index (χ2n) is 4.72. The Hall–Kier alpha value is -2.39. The molecule has 24 heavy (non-hydrogen) atoms. The molecule has 2 rings (SSSR count). The number of nitrogens with zero attached hydrogens (tertiary/aromatic N) is 1. The third-order valence-electron chi connectivity index (χ3n) is 2.89.